The fourth-order valence-electron chi connectivity index (χ4n) is 4.99. The van der Waals surface area contributed by atoms with Crippen molar-refractivity contribution in [2.75, 3.05) is 0 Å². The van der Waals surface area contributed by atoms with Crippen molar-refractivity contribution in [1.29, 1.82) is 0 Å². The van der Waals surface area contributed by atoms with E-state index in [0.717, 1.165) is 23.1 Å². The van der Waals surface area contributed by atoms with Gasteiger partial charge in [-0.05, 0) is 51.2 Å². The summed E-state index contributed by atoms with van der Waals surface area (Å²) in [5, 5.41) is 7.08. The molecule has 1 unspecified atom stereocenters. The summed E-state index contributed by atoms with van der Waals surface area (Å²) in [4.78, 5) is 32.4. The molecule has 3 rings (SSSR count). The van der Waals surface area contributed by atoms with Crippen LogP contribution in [0.2, 0.25) is 0 Å². The van der Waals surface area contributed by atoms with Gasteiger partial charge in [-0.1, -0.05) is 110 Å². The Morgan fingerprint density at radius 1 is 0.872 bits per heavy atom. The van der Waals surface area contributed by atoms with Crippen LogP contribution in [0.3, 0.4) is 0 Å². The maximum atomic E-state index is 14.1. The highest BCUT2D eigenvalue weighted by Crippen LogP contribution is 2.37. The summed E-state index contributed by atoms with van der Waals surface area (Å²) in [5.74, 6) is 0.460. The maximum Gasteiger partial charge on any atom is 0.231 e. The molecule has 0 aromatic heterocycles. The van der Waals surface area contributed by atoms with Crippen molar-refractivity contribution >= 4 is 23.7 Å². The van der Waals surface area contributed by atoms with E-state index in [4.69, 9.17) is 4.84 Å². The molecule has 0 radical (unpaired) electrons. The molecule has 1 amide bonds. The molecule has 5 heteroatoms. The van der Waals surface area contributed by atoms with Crippen LogP contribution in [-0.4, -0.2) is 17.9 Å². The van der Waals surface area contributed by atoms with Crippen LogP contribution in [0.25, 0.3) is 5.76 Å². The van der Waals surface area contributed by atoms with Gasteiger partial charge in [-0.2, -0.15) is 0 Å². The molecule has 1 N–H and O–H groups in total. The molecule has 0 spiro atoms. The fraction of sp³-hybridized carbons (Fsp3) is 0.324. The number of Topliss-reactive ketones (excluding diaryl/α,β-unsaturated/α-hetero) is 1. The Morgan fingerprint density at radius 2 is 1.44 bits per heavy atom. The minimum atomic E-state index is -0.735. The van der Waals surface area contributed by atoms with Gasteiger partial charge in [0.25, 0.3) is 0 Å². The first kappa shape index (κ1) is 29.6. The first-order chi connectivity index (χ1) is 18.7. The van der Waals surface area contributed by atoms with E-state index in [0.29, 0.717) is 37.0 Å². The van der Waals surface area contributed by atoms with Crippen LogP contribution in [0.5, 0.6) is 0 Å². The monoisotopic (exact) mass is 524 g/mol. The highest BCUT2D eigenvalue weighted by Gasteiger charge is 2.41. The zero-order valence-electron chi connectivity index (χ0n) is 23.6. The lowest BCUT2D eigenvalue weighted by Crippen LogP contribution is -2.51. The van der Waals surface area contributed by atoms with E-state index >= 15 is 0 Å². The Hall–Kier alpha value is -3.99. The molecule has 0 saturated carbocycles. The van der Waals surface area contributed by atoms with Crippen LogP contribution in [0, 0.1) is 0 Å². The normalized spacial score (nSPS) is 13.0. The second-order valence-corrected chi connectivity index (χ2v) is 10.4. The van der Waals surface area contributed by atoms with Crippen molar-refractivity contribution in [2.45, 2.75) is 70.8 Å². The Bertz CT molecular complexity index is 1260. The van der Waals surface area contributed by atoms with E-state index in [2.05, 4.69) is 24.0 Å². The van der Waals surface area contributed by atoms with Gasteiger partial charge < -0.3 is 10.2 Å². The van der Waals surface area contributed by atoms with E-state index in [-0.39, 0.29) is 11.7 Å². The quantitative estimate of drug-likeness (QED) is 0.101. The van der Waals surface area contributed by atoms with Gasteiger partial charge in [-0.25, -0.2) is 0 Å². The summed E-state index contributed by atoms with van der Waals surface area (Å²) < 4.78 is 0. The lowest BCUT2D eigenvalue weighted by Gasteiger charge is -2.37. The number of hydrogen-bond donors (Lipinski definition) is 1. The smallest absolute Gasteiger partial charge is 0.231 e. The topological polar surface area (TPSA) is 67.8 Å². The summed E-state index contributed by atoms with van der Waals surface area (Å²) in [5.41, 5.74) is 2.14. The molecule has 0 saturated heterocycles. The van der Waals surface area contributed by atoms with E-state index in [1.165, 1.54) is 0 Å². The number of oxime groups is 1. The molecule has 0 heterocycles. The lowest BCUT2D eigenvalue weighted by atomic mass is 9.71. The molecule has 3 aromatic carbocycles. The van der Waals surface area contributed by atoms with Gasteiger partial charge in [-0.15, -0.1) is 0 Å². The Morgan fingerprint density at radius 3 is 2.00 bits per heavy atom. The molecule has 0 aliphatic carbocycles. The standard InChI is InChI=1S/C34H40N2O3/c1-6-24-34(30-17-12-9-13-18-30,32(38)36-33(4,5)29-15-10-8-11-16-29)25-14-19-31(37)28-22-20-27(21-23-28)26(3)39-35-7-2/h7-13,15-18,20-23H,3,6,14,19,24-25H2,1-2,4-5H3,(H,36,38)/b35-7+. The van der Waals surface area contributed by atoms with E-state index in [9.17, 15) is 9.59 Å². The van der Waals surface area contributed by atoms with Gasteiger partial charge in [0, 0.05) is 23.8 Å². The SMILES string of the molecule is C=C(O/N=C/C)c1ccc(C(=O)CCCC(CCC)(C(=O)NC(C)(C)c2ccccc2)c2ccccc2)cc1. The molecule has 3 aromatic rings. The van der Waals surface area contributed by atoms with Crippen LogP contribution in [-0.2, 0) is 20.6 Å². The lowest BCUT2D eigenvalue weighted by molar-refractivity contribution is -0.129. The zero-order valence-corrected chi connectivity index (χ0v) is 23.6. The third-order valence-electron chi connectivity index (χ3n) is 7.16. The average Bonchev–Trinajstić information content (AvgIpc) is 2.96. The van der Waals surface area contributed by atoms with Gasteiger partial charge in [0.2, 0.25) is 5.91 Å². The molecule has 5 nitrogen and oxygen atoms in total. The predicted octanol–water partition coefficient (Wildman–Crippen LogP) is 7.82. The summed E-state index contributed by atoms with van der Waals surface area (Å²) in [6.07, 6.45) is 4.60. The molecule has 0 bridgehead atoms. The highest BCUT2D eigenvalue weighted by atomic mass is 16.6. The molecule has 0 aliphatic heterocycles. The molecule has 0 aliphatic rings. The number of carbonyl (C=O) groups excluding carboxylic acids is 2. The van der Waals surface area contributed by atoms with E-state index in [1.807, 2.05) is 86.6 Å². The molecular formula is C34H40N2O3. The van der Waals surface area contributed by atoms with Gasteiger partial charge >= 0.3 is 0 Å². The third kappa shape index (κ3) is 7.53. The average molecular weight is 525 g/mol. The first-order valence-electron chi connectivity index (χ1n) is 13.6. The Balaban J connectivity index is 1.78. The summed E-state index contributed by atoms with van der Waals surface area (Å²) >= 11 is 0. The number of amides is 1. The number of hydrogen-bond acceptors (Lipinski definition) is 4. The van der Waals surface area contributed by atoms with Crippen molar-refractivity contribution in [3.05, 3.63) is 114 Å². The van der Waals surface area contributed by atoms with Crippen molar-refractivity contribution in [3.8, 4) is 0 Å². The summed E-state index contributed by atoms with van der Waals surface area (Å²) in [6.45, 7) is 11.8. The minimum absolute atomic E-state index is 0.00513. The number of carbonyl (C=O) groups is 2. The number of nitrogens with one attached hydrogen (secondary N) is 1. The van der Waals surface area contributed by atoms with E-state index in [1.54, 1.807) is 25.3 Å². The van der Waals surface area contributed by atoms with Crippen LogP contribution >= 0.6 is 0 Å². The van der Waals surface area contributed by atoms with Crippen LogP contribution in [0.4, 0.5) is 0 Å². The van der Waals surface area contributed by atoms with Gasteiger partial charge in [0.15, 0.2) is 11.5 Å². The number of benzene rings is 3. The molecule has 0 fully saturated rings. The second kappa shape index (κ2) is 13.7. The van der Waals surface area contributed by atoms with Crippen molar-refractivity contribution < 1.29 is 14.4 Å². The number of ketones is 1. The second-order valence-electron chi connectivity index (χ2n) is 10.4. The molecule has 1 atom stereocenters. The van der Waals surface area contributed by atoms with Crippen LogP contribution in [0.1, 0.15) is 86.8 Å². The third-order valence-corrected chi connectivity index (χ3v) is 7.16. The fourth-order valence-corrected chi connectivity index (χ4v) is 4.99. The largest absolute Gasteiger partial charge is 0.357 e. The zero-order chi connectivity index (χ0) is 28.3. The molecule has 204 valence electrons. The molecular weight excluding hydrogens is 484 g/mol. The Labute approximate surface area is 233 Å². The summed E-state index contributed by atoms with van der Waals surface area (Å²) in [6, 6.07) is 27.2. The van der Waals surface area contributed by atoms with Crippen molar-refractivity contribution in [1.82, 2.24) is 5.32 Å². The van der Waals surface area contributed by atoms with Crippen molar-refractivity contribution in [2.24, 2.45) is 5.16 Å². The van der Waals surface area contributed by atoms with Crippen molar-refractivity contribution in [3.63, 3.8) is 0 Å². The number of nitrogens with zero attached hydrogens (tertiary/aromatic N) is 1. The maximum absolute atomic E-state index is 14.1. The van der Waals surface area contributed by atoms with Gasteiger partial charge in [0.1, 0.15) is 0 Å². The highest BCUT2D eigenvalue weighted by molar-refractivity contribution is 5.96. The molecule has 39 heavy (non-hydrogen) atoms. The Kier molecular flexibility index (Phi) is 10.4. The van der Waals surface area contributed by atoms with Gasteiger partial charge in [0.05, 0.1) is 11.0 Å². The number of rotatable bonds is 14. The predicted molar refractivity (Wildman–Crippen MR) is 160 cm³/mol. The first-order valence-corrected chi connectivity index (χ1v) is 13.6. The van der Waals surface area contributed by atoms with Crippen LogP contribution in [0.15, 0.2) is 96.7 Å². The summed E-state index contributed by atoms with van der Waals surface area (Å²) in [7, 11) is 0. The van der Waals surface area contributed by atoms with E-state index < -0.39 is 11.0 Å². The van der Waals surface area contributed by atoms with Gasteiger partial charge in [-0.3, -0.25) is 9.59 Å². The van der Waals surface area contributed by atoms with Crippen LogP contribution < -0.4 is 5.32 Å². The minimum Gasteiger partial charge on any atom is -0.357 e.